The lowest BCUT2D eigenvalue weighted by Crippen LogP contribution is -2.57. The zero-order chi connectivity index (χ0) is 39.0. The molecule has 290 valence electrons. The molecular weight excluding hydrogens is 690 g/mol. The average Bonchev–Trinajstić information content (AvgIpc) is 3.68. The summed E-state index contributed by atoms with van der Waals surface area (Å²) in [5.74, 6) is -1.65. The van der Waals surface area contributed by atoms with Crippen LogP contribution in [0.25, 0.3) is 10.9 Å². The number of carbonyl (C=O) groups excluding carboxylic acids is 4. The van der Waals surface area contributed by atoms with Crippen LogP contribution in [0.2, 0.25) is 0 Å². The molecule has 0 radical (unpaired) electrons. The molecule has 4 amide bonds. The summed E-state index contributed by atoms with van der Waals surface area (Å²) in [5, 5.41) is 33.0. The second-order valence-corrected chi connectivity index (χ2v) is 14.1. The number of benzene rings is 2. The molecule has 0 bridgehead atoms. The number of nitrogens with zero attached hydrogens (tertiary/aromatic N) is 2. The first-order valence-corrected chi connectivity index (χ1v) is 18.4. The van der Waals surface area contributed by atoms with Crippen LogP contribution in [0, 0.1) is 11.8 Å². The van der Waals surface area contributed by atoms with E-state index >= 15 is 0 Å². The number of hydrogen-bond acceptors (Lipinski definition) is 9. The van der Waals surface area contributed by atoms with Crippen LogP contribution in [-0.2, 0) is 38.6 Å². The van der Waals surface area contributed by atoms with E-state index in [-0.39, 0.29) is 44.3 Å². The fourth-order valence-corrected chi connectivity index (χ4v) is 6.13. The minimum absolute atomic E-state index is 0.0129. The van der Waals surface area contributed by atoms with Gasteiger partial charge in [-0.2, -0.15) is 0 Å². The van der Waals surface area contributed by atoms with Crippen LogP contribution in [0.5, 0.6) is 0 Å². The molecule has 14 heteroatoms. The molecule has 0 unspecified atom stereocenters. The van der Waals surface area contributed by atoms with Crippen LogP contribution in [0.1, 0.15) is 63.8 Å². The first-order valence-electron chi connectivity index (χ1n) is 18.4. The van der Waals surface area contributed by atoms with Gasteiger partial charge in [-0.3, -0.25) is 19.4 Å². The summed E-state index contributed by atoms with van der Waals surface area (Å²) in [6.07, 6.45) is 3.43. The third-order valence-corrected chi connectivity index (χ3v) is 9.38. The van der Waals surface area contributed by atoms with Crippen LogP contribution in [0.15, 0.2) is 79.4 Å². The highest BCUT2D eigenvalue weighted by molar-refractivity contribution is 5.92. The molecule has 6 atom stereocenters. The van der Waals surface area contributed by atoms with E-state index in [0.29, 0.717) is 17.6 Å². The molecule has 14 nitrogen and oxygen atoms in total. The number of imidazole rings is 1. The SMILES string of the molecule is CC[C@H](C)[C@@H](CO)NC(=O)C[C@H](O)[C@H](CC(C)C)NC(=O)[C@H](Cc1cnc[nH]1)NC(=O)[C@H](Cc1cccc2ncccc12)NC(=O)OCc1ccccc1. The van der Waals surface area contributed by atoms with Gasteiger partial charge in [-0.15, -0.1) is 0 Å². The predicted octanol–water partition coefficient (Wildman–Crippen LogP) is 3.33. The van der Waals surface area contributed by atoms with Crippen LogP contribution in [-0.4, -0.2) is 85.9 Å². The van der Waals surface area contributed by atoms with Gasteiger partial charge in [0.15, 0.2) is 0 Å². The maximum atomic E-state index is 14.2. The molecule has 2 aromatic heterocycles. The summed E-state index contributed by atoms with van der Waals surface area (Å²) < 4.78 is 5.46. The number of pyridine rings is 1. The van der Waals surface area contributed by atoms with Gasteiger partial charge in [0.05, 0.1) is 43.1 Å². The Morgan fingerprint density at radius 2 is 1.59 bits per heavy atom. The molecule has 2 heterocycles. The molecule has 0 aliphatic heterocycles. The molecule has 0 saturated carbocycles. The Hall–Kier alpha value is -5.34. The lowest BCUT2D eigenvalue weighted by molar-refractivity contribution is -0.131. The number of H-pyrrole nitrogens is 1. The third-order valence-electron chi connectivity index (χ3n) is 9.38. The van der Waals surface area contributed by atoms with Crippen molar-refractivity contribution in [3.8, 4) is 0 Å². The quantitative estimate of drug-likeness (QED) is 0.0708. The van der Waals surface area contributed by atoms with E-state index in [4.69, 9.17) is 4.74 Å². The molecule has 0 fully saturated rings. The molecule has 4 rings (SSSR count). The number of alkyl carbamates (subject to hydrolysis) is 1. The number of hydrogen-bond donors (Lipinski definition) is 7. The van der Waals surface area contributed by atoms with Crippen molar-refractivity contribution < 1.29 is 34.1 Å². The minimum atomic E-state index is -1.26. The van der Waals surface area contributed by atoms with Crippen molar-refractivity contribution in [2.24, 2.45) is 11.8 Å². The highest BCUT2D eigenvalue weighted by Crippen LogP contribution is 2.19. The number of ether oxygens (including phenoxy) is 1. The minimum Gasteiger partial charge on any atom is -0.445 e. The van der Waals surface area contributed by atoms with Crippen molar-refractivity contribution in [3.63, 3.8) is 0 Å². The lowest BCUT2D eigenvalue weighted by Gasteiger charge is -2.29. The van der Waals surface area contributed by atoms with Crippen molar-refractivity contribution in [2.75, 3.05) is 6.61 Å². The number of amides is 4. The highest BCUT2D eigenvalue weighted by atomic mass is 16.5. The second kappa shape index (κ2) is 20.8. The topological polar surface area (TPSA) is 208 Å². The highest BCUT2D eigenvalue weighted by Gasteiger charge is 2.32. The Bertz CT molecular complexity index is 1780. The molecule has 0 saturated heterocycles. The largest absolute Gasteiger partial charge is 0.445 e. The van der Waals surface area contributed by atoms with Crippen molar-refractivity contribution in [3.05, 3.63) is 96.2 Å². The van der Waals surface area contributed by atoms with E-state index in [9.17, 15) is 29.4 Å². The number of aromatic amines is 1. The molecule has 54 heavy (non-hydrogen) atoms. The fourth-order valence-electron chi connectivity index (χ4n) is 6.13. The van der Waals surface area contributed by atoms with Crippen molar-refractivity contribution in [1.82, 2.24) is 36.2 Å². The van der Waals surface area contributed by atoms with Crippen LogP contribution < -0.4 is 21.3 Å². The molecule has 0 aliphatic rings. The smallest absolute Gasteiger partial charge is 0.408 e. The number of fused-ring (bicyclic) bond motifs is 1. The Morgan fingerprint density at radius 1 is 0.852 bits per heavy atom. The van der Waals surface area contributed by atoms with E-state index in [1.54, 1.807) is 12.3 Å². The van der Waals surface area contributed by atoms with Gasteiger partial charge >= 0.3 is 6.09 Å². The molecule has 7 N–H and O–H groups in total. The number of aliphatic hydroxyl groups excluding tert-OH is 2. The summed E-state index contributed by atoms with van der Waals surface area (Å²) in [6.45, 7) is 7.47. The van der Waals surface area contributed by atoms with Crippen molar-refractivity contribution in [1.29, 1.82) is 0 Å². The Morgan fingerprint density at radius 3 is 2.28 bits per heavy atom. The first-order chi connectivity index (χ1) is 26.0. The number of aromatic nitrogens is 3. The first kappa shape index (κ1) is 41.4. The van der Waals surface area contributed by atoms with Gasteiger partial charge in [-0.1, -0.05) is 82.6 Å². The number of aliphatic hydroxyl groups is 2. The van der Waals surface area contributed by atoms with Crippen LogP contribution in [0.4, 0.5) is 4.79 Å². The lowest BCUT2D eigenvalue weighted by atomic mass is 9.95. The number of carbonyl (C=O) groups is 4. The average molecular weight is 744 g/mol. The zero-order valence-electron chi connectivity index (χ0n) is 31.3. The van der Waals surface area contributed by atoms with E-state index in [1.807, 2.05) is 82.3 Å². The molecule has 4 aromatic rings. The maximum absolute atomic E-state index is 14.2. The summed E-state index contributed by atoms with van der Waals surface area (Å²) in [4.78, 5) is 65.7. The predicted molar refractivity (Wildman–Crippen MR) is 204 cm³/mol. The van der Waals surface area contributed by atoms with Gasteiger partial charge in [0.1, 0.15) is 18.7 Å². The molecule has 0 spiro atoms. The molecular formula is C40H53N7O7. The van der Waals surface area contributed by atoms with Crippen LogP contribution >= 0.6 is 0 Å². The van der Waals surface area contributed by atoms with Crippen molar-refractivity contribution >= 4 is 34.7 Å². The Labute approximate surface area is 315 Å². The second-order valence-electron chi connectivity index (χ2n) is 14.1. The summed E-state index contributed by atoms with van der Waals surface area (Å²) in [7, 11) is 0. The number of rotatable bonds is 20. The maximum Gasteiger partial charge on any atom is 0.408 e. The van der Waals surface area contributed by atoms with Gasteiger partial charge in [-0.05, 0) is 41.5 Å². The van der Waals surface area contributed by atoms with Crippen molar-refractivity contribution in [2.45, 2.75) is 96.7 Å². The van der Waals surface area contributed by atoms with E-state index in [0.717, 1.165) is 22.9 Å². The van der Waals surface area contributed by atoms with E-state index < -0.39 is 54.1 Å². The van der Waals surface area contributed by atoms with Gasteiger partial charge in [0.25, 0.3) is 0 Å². The van der Waals surface area contributed by atoms with E-state index in [1.165, 1.54) is 12.5 Å². The van der Waals surface area contributed by atoms with Gasteiger partial charge in [0.2, 0.25) is 17.7 Å². The Kier molecular flexibility index (Phi) is 15.9. The van der Waals surface area contributed by atoms with E-state index in [2.05, 4.69) is 36.2 Å². The summed E-state index contributed by atoms with van der Waals surface area (Å²) in [6, 6.07) is 14.7. The molecule has 0 aliphatic carbocycles. The summed E-state index contributed by atoms with van der Waals surface area (Å²) in [5.41, 5.74) is 2.79. The zero-order valence-corrected chi connectivity index (χ0v) is 31.3. The third kappa shape index (κ3) is 12.7. The molecule has 2 aromatic carbocycles. The van der Waals surface area contributed by atoms with Gasteiger partial charge in [-0.25, -0.2) is 9.78 Å². The van der Waals surface area contributed by atoms with Gasteiger partial charge < -0.3 is 41.2 Å². The number of nitrogens with one attached hydrogen (secondary N) is 5. The monoisotopic (exact) mass is 743 g/mol. The Balaban J connectivity index is 1.55. The van der Waals surface area contributed by atoms with Crippen LogP contribution in [0.3, 0.4) is 0 Å². The van der Waals surface area contributed by atoms with Gasteiger partial charge in [0, 0.05) is 36.3 Å². The normalized spacial score (nSPS) is 14.6. The fraction of sp³-hybridized carbons (Fsp3) is 0.450. The summed E-state index contributed by atoms with van der Waals surface area (Å²) >= 11 is 0. The standard InChI is InChI=1S/C40H53N7O7/c1-5-26(4)35(22-48)44-37(50)20-36(49)32(17-25(2)3)45-39(52)34(19-29-21-41-24-43-29)46-38(51)33(47-40(53)54-23-27-11-7-6-8-12-27)18-28-13-9-15-31-30(28)14-10-16-42-31/h6-16,21,24-26,32-36,48-49H,5,17-20,22-23H2,1-4H3,(H,41,43)(H,44,50)(H,45,52)(H,46,51)(H,47,53)/t26-,32-,33-,34-,35+,36-/m0/s1.